The summed E-state index contributed by atoms with van der Waals surface area (Å²) in [5.74, 6) is -0.621. The quantitative estimate of drug-likeness (QED) is 0.335. The van der Waals surface area contributed by atoms with Crippen molar-refractivity contribution in [3.05, 3.63) is 12.7 Å². The monoisotopic (exact) mass is 275 g/mol. The molecule has 3 amide bonds. The maximum Gasteiger partial charge on any atom is 0.326 e. The average Bonchev–Trinajstić information content (AvgIpc) is 2.27. The molecule has 0 saturated carbocycles. The summed E-state index contributed by atoms with van der Waals surface area (Å²) in [5, 5.41) is 13.4. The van der Waals surface area contributed by atoms with Crippen LogP contribution >= 0.6 is 11.8 Å². The topological polar surface area (TPSA) is 122 Å². The summed E-state index contributed by atoms with van der Waals surface area (Å²) in [6, 6.07) is -1.94. The molecule has 0 aliphatic rings. The van der Waals surface area contributed by atoms with E-state index >= 15 is 0 Å². The summed E-state index contributed by atoms with van der Waals surface area (Å²) in [4.78, 5) is 32.6. The van der Waals surface area contributed by atoms with Gasteiger partial charge in [-0.05, 0) is 0 Å². The van der Waals surface area contributed by atoms with E-state index in [0.717, 1.165) is 5.75 Å². The van der Waals surface area contributed by atoms with E-state index in [-0.39, 0.29) is 0 Å². The fraction of sp³-hybridized carbons (Fsp3) is 0.500. The Labute approximate surface area is 109 Å². The van der Waals surface area contributed by atoms with Crippen LogP contribution in [0.1, 0.15) is 6.42 Å². The van der Waals surface area contributed by atoms with Crippen molar-refractivity contribution in [2.24, 2.45) is 5.73 Å². The number of thioether (sulfide) groups is 1. The van der Waals surface area contributed by atoms with Crippen molar-refractivity contribution < 1.29 is 19.5 Å². The van der Waals surface area contributed by atoms with Crippen molar-refractivity contribution in [1.29, 1.82) is 0 Å². The predicted molar refractivity (Wildman–Crippen MR) is 69.3 cm³/mol. The molecule has 0 aliphatic heterocycles. The van der Waals surface area contributed by atoms with Gasteiger partial charge in [0.1, 0.15) is 6.04 Å². The Bertz CT molecular complexity index is 322. The van der Waals surface area contributed by atoms with E-state index < -0.39 is 30.4 Å². The minimum absolute atomic E-state index is 0.396. The van der Waals surface area contributed by atoms with Crippen molar-refractivity contribution in [1.82, 2.24) is 10.6 Å². The molecule has 0 radical (unpaired) electrons. The highest BCUT2D eigenvalue weighted by Gasteiger charge is 2.21. The number of urea groups is 1. The number of carbonyl (C=O) groups is 3. The largest absolute Gasteiger partial charge is 0.480 e. The zero-order valence-electron chi connectivity index (χ0n) is 9.85. The van der Waals surface area contributed by atoms with Crippen LogP contribution in [0, 0.1) is 0 Å². The number of hydrogen-bond acceptors (Lipinski definition) is 4. The van der Waals surface area contributed by atoms with E-state index in [1.54, 1.807) is 17.8 Å². The van der Waals surface area contributed by atoms with Crippen LogP contribution in [-0.2, 0) is 9.59 Å². The zero-order valence-corrected chi connectivity index (χ0v) is 10.7. The van der Waals surface area contributed by atoms with Gasteiger partial charge < -0.3 is 21.5 Å². The lowest BCUT2D eigenvalue weighted by Gasteiger charge is -2.13. The Balaban J connectivity index is 3.91. The Morgan fingerprint density at radius 3 is 2.61 bits per heavy atom. The lowest BCUT2D eigenvalue weighted by atomic mass is 10.2. The van der Waals surface area contributed by atoms with Gasteiger partial charge in [0, 0.05) is 18.1 Å². The summed E-state index contributed by atoms with van der Waals surface area (Å²) >= 11 is 1.58. The summed E-state index contributed by atoms with van der Waals surface area (Å²) in [6.07, 6.45) is 1.31. The molecule has 0 bridgehead atoms. The Morgan fingerprint density at radius 1 is 1.44 bits per heavy atom. The van der Waals surface area contributed by atoms with E-state index in [4.69, 9.17) is 10.8 Å². The Hall–Kier alpha value is -1.70. The van der Waals surface area contributed by atoms with Gasteiger partial charge in [-0.25, -0.2) is 9.59 Å². The third-order valence-corrected chi connectivity index (χ3v) is 2.74. The zero-order chi connectivity index (χ0) is 14.0. The van der Waals surface area contributed by atoms with Crippen LogP contribution in [0.15, 0.2) is 12.7 Å². The molecule has 7 nitrogen and oxygen atoms in total. The summed E-state index contributed by atoms with van der Waals surface area (Å²) < 4.78 is 0. The number of primary amides is 1. The van der Waals surface area contributed by atoms with Crippen LogP contribution in [0.3, 0.4) is 0 Å². The highest BCUT2D eigenvalue weighted by atomic mass is 32.2. The first kappa shape index (κ1) is 16.3. The van der Waals surface area contributed by atoms with E-state index in [1.165, 1.54) is 0 Å². The average molecular weight is 275 g/mol. The molecule has 0 spiro atoms. The first-order chi connectivity index (χ1) is 8.47. The first-order valence-electron chi connectivity index (χ1n) is 5.21. The second-order valence-corrected chi connectivity index (χ2v) is 4.47. The van der Waals surface area contributed by atoms with E-state index in [0.29, 0.717) is 12.3 Å². The molecule has 0 saturated heterocycles. The molecule has 8 heteroatoms. The van der Waals surface area contributed by atoms with Crippen LogP contribution < -0.4 is 16.4 Å². The van der Waals surface area contributed by atoms with Gasteiger partial charge in [0.05, 0.1) is 6.42 Å². The second-order valence-electron chi connectivity index (χ2n) is 3.33. The van der Waals surface area contributed by atoms with Crippen LogP contribution in [0.5, 0.6) is 0 Å². The van der Waals surface area contributed by atoms with Gasteiger partial charge >= 0.3 is 12.0 Å². The molecular formula is C10H17N3O4S. The fourth-order valence-electron chi connectivity index (χ4n) is 1.01. The first-order valence-corrected chi connectivity index (χ1v) is 6.37. The molecule has 0 heterocycles. The van der Waals surface area contributed by atoms with Crippen molar-refractivity contribution in [2.75, 3.05) is 18.1 Å². The van der Waals surface area contributed by atoms with E-state index in [1.807, 2.05) is 0 Å². The summed E-state index contributed by atoms with van der Waals surface area (Å²) in [5.41, 5.74) is 4.88. The maximum absolute atomic E-state index is 11.3. The molecular weight excluding hydrogens is 258 g/mol. The van der Waals surface area contributed by atoms with Gasteiger partial charge in [-0.1, -0.05) is 6.08 Å². The molecule has 18 heavy (non-hydrogen) atoms. The maximum atomic E-state index is 11.3. The van der Waals surface area contributed by atoms with Crippen LogP contribution in [-0.4, -0.2) is 47.1 Å². The van der Waals surface area contributed by atoms with Crippen LogP contribution in [0.4, 0.5) is 4.79 Å². The van der Waals surface area contributed by atoms with Gasteiger partial charge in [0.15, 0.2) is 0 Å². The molecule has 0 rings (SSSR count). The fourth-order valence-corrected chi connectivity index (χ4v) is 1.59. The molecule has 1 atom stereocenters. The molecule has 0 aromatic carbocycles. The van der Waals surface area contributed by atoms with Gasteiger partial charge in [0.25, 0.3) is 0 Å². The lowest BCUT2D eigenvalue weighted by molar-refractivity contribution is -0.140. The number of carboxylic acids is 1. The van der Waals surface area contributed by atoms with Crippen molar-refractivity contribution >= 4 is 29.7 Å². The Morgan fingerprint density at radius 2 is 2.11 bits per heavy atom. The number of nitrogens with two attached hydrogens (primary N) is 1. The van der Waals surface area contributed by atoms with Crippen LogP contribution in [0.2, 0.25) is 0 Å². The number of rotatable bonds is 9. The molecule has 0 aliphatic carbocycles. The normalized spacial score (nSPS) is 11.3. The number of carboxylic acid groups (broad SMARTS) is 1. The SMILES string of the molecule is C=CCSCCNC(=O)N[C@@H](CC(N)=O)C(=O)O. The van der Waals surface area contributed by atoms with Crippen molar-refractivity contribution in [3.63, 3.8) is 0 Å². The molecule has 0 unspecified atom stereocenters. The summed E-state index contributed by atoms with van der Waals surface area (Å²) in [7, 11) is 0. The second kappa shape index (κ2) is 9.34. The molecule has 5 N–H and O–H groups in total. The van der Waals surface area contributed by atoms with Gasteiger partial charge in [0.2, 0.25) is 5.91 Å². The molecule has 0 fully saturated rings. The number of aliphatic carboxylic acids is 1. The smallest absolute Gasteiger partial charge is 0.326 e. The van der Waals surface area contributed by atoms with Crippen molar-refractivity contribution in [2.45, 2.75) is 12.5 Å². The van der Waals surface area contributed by atoms with Gasteiger partial charge in [-0.15, -0.1) is 6.58 Å². The number of carbonyl (C=O) groups excluding carboxylic acids is 2. The standard InChI is InChI=1S/C10H17N3O4S/c1-2-4-18-5-3-12-10(17)13-7(9(15)16)6-8(11)14/h2,7H,1,3-6H2,(H2,11,14)(H,15,16)(H2,12,13,17)/t7-/m0/s1. The number of amides is 3. The van der Waals surface area contributed by atoms with Gasteiger partial charge in [-0.3, -0.25) is 4.79 Å². The molecule has 0 aromatic heterocycles. The summed E-state index contributed by atoms with van der Waals surface area (Å²) in [6.45, 7) is 3.95. The van der Waals surface area contributed by atoms with E-state index in [9.17, 15) is 14.4 Å². The minimum Gasteiger partial charge on any atom is -0.480 e. The third-order valence-electron chi connectivity index (χ3n) is 1.78. The molecule has 102 valence electrons. The third kappa shape index (κ3) is 8.45. The minimum atomic E-state index is -1.30. The predicted octanol–water partition coefficient (Wildman–Crippen LogP) is -0.467. The van der Waals surface area contributed by atoms with Crippen LogP contribution in [0.25, 0.3) is 0 Å². The highest BCUT2D eigenvalue weighted by Crippen LogP contribution is 1.97. The number of hydrogen-bond donors (Lipinski definition) is 4. The molecule has 0 aromatic rings. The van der Waals surface area contributed by atoms with Gasteiger partial charge in [-0.2, -0.15) is 11.8 Å². The highest BCUT2D eigenvalue weighted by molar-refractivity contribution is 7.99. The Kier molecular flexibility index (Phi) is 8.46. The lowest BCUT2D eigenvalue weighted by Crippen LogP contribution is -2.48. The number of nitrogens with one attached hydrogen (secondary N) is 2. The van der Waals surface area contributed by atoms with E-state index in [2.05, 4.69) is 17.2 Å². The van der Waals surface area contributed by atoms with Crippen molar-refractivity contribution in [3.8, 4) is 0 Å².